The van der Waals surface area contributed by atoms with Gasteiger partial charge in [-0.3, -0.25) is 19.3 Å². The zero-order chi connectivity index (χ0) is 30.0. The summed E-state index contributed by atoms with van der Waals surface area (Å²) in [5.74, 6) is -0.910. The van der Waals surface area contributed by atoms with Gasteiger partial charge in [-0.2, -0.15) is 0 Å². The maximum Gasteiger partial charge on any atom is 0.339 e. The number of anilines is 1. The monoisotopic (exact) mass is 592 g/mol. The standard InChI is InChI=1S/C35H29ClN2O5/c1-18-6-8-21(9-7-18)32(39)19(2)43-35(42)26-17-28(37-31-25(26)4-3-5-27(31)36)20-12-14-24(15-13-20)38-33(40)29-22-10-11-23(16-22)30(29)34(38)41/h3-9,12-15,17,19,22-23,29-30H,10-11,16H2,1-2H3. The van der Waals surface area contributed by atoms with Gasteiger partial charge in [-0.15, -0.1) is 0 Å². The largest absolute Gasteiger partial charge is 0.451 e. The molecule has 1 aromatic heterocycles. The fourth-order valence-corrected chi connectivity index (χ4v) is 7.42. The highest BCUT2D eigenvalue weighted by Gasteiger charge is 2.61. The molecule has 7 nitrogen and oxygen atoms in total. The third-order valence-corrected chi connectivity index (χ3v) is 9.65. The van der Waals surface area contributed by atoms with Gasteiger partial charge in [-0.25, -0.2) is 9.78 Å². The van der Waals surface area contributed by atoms with Crippen LogP contribution in [0.3, 0.4) is 0 Å². The molecular weight excluding hydrogens is 564 g/mol. The molecule has 8 heteroatoms. The van der Waals surface area contributed by atoms with Gasteiger partial charge in [0.2, 0.25) is 17.6 Å². The van der Waals surface area contributed by atoms with Gasteiger partial charge in [0.25, 0.3) is 0 Å². The summed E-state index contributed by atoms with van der Waals surface area (Å²) in [7, 11) is 0. The number of aromatic nitrogens is 1. The number of halogens is 1. The molecule has 2 saturated carbocycles. The Balaban J connectivity index is 1.18. The van der Waals surface area contributed by atoms with Crippen LogP contribution in [-0.4, -0.2) is 34.7 Å². The molecule has 43 heavy (non-hydrogen) atoms. The van der Waals surface area contributed by atoms with Crippen molar-refractivity contribution in [1.29, 1.82) is 0 Å². The summed E-state index contributed by atoms with van der Waals surface area (Å²) < 4.78 is 5.65. The van der Waals surface area contributed by atoms with Crippen molar-refractivity contribution in [1.82, 2.24) is 4.98 Å². The van der Waals surface area contributed by atoms with Crippen molar-refractivity contribution in [2.45, 2.75) is 39.2 Å². The minimum Gasteiger partial charge on any atom is -0.451 e. The number of ether oxygens (including phenoxy) is 1. The number of esters is 1. The van der Waals surface area contributed by atoms with Crippen LogP contribution in [0.2, 0.25) is 5.02 Å². The number of hydrogen-bond acceptors (Lipinski definition) is 6. The minimum atomic E-state index is -1.01. The molecule has 0 radical (unpaired) electrons. The molecule has 3 aromatic carbocycles. The van der Waals surface area contributed by atoms with Gasteiger partial charge in [0.1, 0.15) is 0 Å². The van der Waals surface area contributed by atoms with E-state index in [1.165, 1.54) is 4.90 Å². The Morgan fingerprint density at radius 2 is 1.58 bits per heavy atom. The molecule has 2 aliphatic carbocycles. The molecule has 3 aliphatic rings. The van der Waals surface area contributed by atoms with Crippen LogP contribution in [0.1, 0.15) is 52.5 Å². The molecule has 2 heterocycles. The summed E-state index contributed by atoms with van der Waals surface area (Å²) in [6, 6.07) is 20.9. The highest BCUT2D eigenvalue weighted by atomic mass is 35.5. The van der Waals surface area contributed by atoms with Crippen molar-refractivity contribution in [2.75, 3.05) is 4.90 Å². The van der Waals surface area contributed by atoms with Gasteiger partial charge in [0.15, 0.2) is 6.10 Å². The van der Waals surface area contributed by atoms with Gasteiger partial charge < -0.3 is 4.74 Å². The lowest BCUT2D eigenvalue weighted by molar-refractivity contribution is -0.123. The average molecular weight is 593 g/mol. The maximum absolute atomic E-state index is 13.5. The third-order valence-electron chi connectivity index (χ3n) is 9.35. The molecule has 4 aromatic rings. The van der Waals surface area contributed by atoms with E-state index < -0.39 is 12.1 Å². The van der Waals surface area contributed by atoms with Crippen molar-refractivity contribution in [3.8, 4) is 11.3 Å². The van der Waals surface area contributed by atoms with Crippen LogP contribution in [0.25, 0.3) is 22.2 Å². The Labute approximate surface area is 253 Å². The van der Waals surface area contributed by atoms with E-state index in [1.54, 1.807) is 67.6 Å². The Bertz CT molecular complexity index is 1790. The van der Waals surface area contributed by atoms with E-state index in [0.29, 0.717) is 50.3 Å². The second-order valence-corrected chi connectivity index (χ2v) is 12.3. The highest BCUT2D eigenvalue weighted by Crippen LogP contribution is 2.56. The van der Waals surface area contributed by atoms with Gasteiger partial charge >= 0.3 is 5.97 Å². The molecule has 216 valence electrons. The SMILES string of the molecule is Cc1ccc(C(=O)C(C)OC(=O)c2cc(-c3ccc(N4C(=O)C5C6CCC(C6)C5C4=O)cc3)nc3c(Cl)cccc23)cc1. The number of fused-ring (bicyclic) bond motifs is 6. The van der Waals surface area contributed by atoms with Crippen LogP contribution >= 0.6 is 11.6 Å². The normalized spacial score (nSPS) is 23.1. The number of hydrogen-bond donors (Lipinski definition) is 0. The average Bonchev–Trinajstić information content (AvgIpc) is 3.70. The fourth-order valence-electron chi connectivity index (χ4n) is 7.20. The molecule has 0 N–H and O–H groups in total. The minimum absolute atomic E-state index is 0.0927. The number of carbonyl (C=O) groups excluding carboxylic acids is 4. The van der Waals surface area contributed by atoms with E-state index >= 15 is 0 Å². The summed E-state index contributed by atoms with van der Waals surface area (Å²) in [6.07, 6.45) is 2.03. The molecule has 5 unspecified atom stereocenters. The van der Waals surface area contributed by atoms with Crippen LogP contribution < -0.4 is 4.90 Å². The lowest BCUT2D eigenvalue weighted by Crippen LogP contribution is -2.32. The summed E-state index contributed by atoms with van der Waals surface area (Å²) in [5, 5.41) is 0.866. The Kier molecular flexibility index (Phi) is 6.66. The van der Waals surface area contributed by atoms with Crippen molar-refractivity contribution in [2.24, 2.45) is 23.7 Å². The Morgan fingerprint density at radius 3 is 2.23 bits per heavy atom. The number of nitrogens with zero attached hydrogens (tertiary/aromatic N) is 2. The van der Waals surface area contributed by atoms with E-state index in [-0.39, 0.29) is 35.0 Å². The molecule has 1 saturated heterocycles. The molecule has 1 aliphatic heterocycles. The second kappa shape index (κ2) is 10.4. The van der Waals surface area contributed by atoms with Gasteiger partial charge in [-0.1, -0.05) is 65.7 Å². The number of rotatable bonds is 6. The molecule has 2 bridgehead atoms. The maximum atomic E-state index is 13.5. The molecule has 2 amide bonds. The van der Waals surface area contributed by atoms with E-state index in [2.05, 4.69) is 0 Å². The number of benzene rings is 3. The Hall–Kier alpha value is -4.36. The molecule has 5 atom stereocenters. The van der Waals surface area contributed by atoms with Crippen molar-refractivity contribution < 1.29 is 23.9 Å². The number of imide groups is 1. The van der Waals surface area contributed by atoms with Crippen LogP contribution in [0, 0.1) is 30.6 Å². The molecule has 3 fully saturated rings. The second-order valence-electron chi connectivity index (χ2n) is 11.9. The van der Waals surface area contributed by atoms with Gasteiger partial charge in [0, 0.05) is 16.5 Å². The van der Waals surface area contributed by atoms with Gasteiger partial charge in [0.05, 0.1) is 39.3 Å². The first kappa shape index (κ1) is 27.5. The smallest absolute Gasteiger partial charge is 0.339 e. The predicted molar refractivity (Wildman–Crippen MR) is 163 cm³/mol. The van der Waals surface area contributed by atoms with E-state index in [4.69, 9.17) is 21.3 Å². The van der Waals surface area contributed by atoms with Gasteiger partial charge in [-0.05, 0) is 69.2 Å². The quantitative estimate of drug-likeness (QED) is 0.138. The Morgan fingerprint density at radius 1 is 0.930 bits per heavy atom. The predicted octanol–water partition coefficient (Wildman–Crippen LogP) is 6.83. The molecular formula is C35H29ClN2O5. The van der Waals surface area contributed by atoms with Crippen molar-refractivity contribution >= 4 is 51.8 Å². The zero-order valence-electron chi connectivity index (χ0n) is 23.7. The number of para-hydroxylation sites is 1. The van der Waals surface area contributed by atoms with E-state index in [9.17, 15) is 19.2 Å². The first-order chi connectivity index (χ1) is 20.7. The lowest BCUT2D eigenvalue weighted by Gasteiger charge is -2.19. The number of pyridine rings is 1. The van der Waals surface area contributed by atoms with Crippen LogP contribution in [-0.2, 0) is 14.3 Å². The summed E-state index contributed by atoms with van der Waals surface area (Å²) >= 11 is 6.51. The lowest BCUT2D eigenvalue weighted by atomic mass is 9.81. The third kappa shape index (κ3) is 4.54. The van der Waals surface area contributed by atoms with Crippen molar-refractivity contribution in [3.05, 3.63) is 94.5 Å². The topological polar surface area (TPSA) is 93.6 Å². The van der Waals surface area contributed by atoms with Crippen LogP contribution in [0.4, 0.5) is 5.69 Å². The van der Waals surface area contributed by atoms with E-state index in [1.807, 2.05) is 19.1 Å². The first-order valence-corrected chi connectivity index (χ1v) is 15.0. The van der Waals surface area contributed by atoms with Crippen LogP contribution in [0.15, 0.2) is 72.8 Å². The summed E-state index contributed by atoms with van der Waals surface area (Å²) in [4.78, 5) is 59.1. The fraction of sp³-hybridized carbons (Fsp3) is 0.286. The number of amides is 2. The number of ketones is 1. The van der Waals surface area contributed by atoms with Crippen molar-refractivity contribution in [3.63, 3.8) is 0 Å². The number of Topliss-reactive ketones (excluding diaryl/α,β-unsaturated/α-hetero) is 1. The first-order valence-electron chi connectivity index (χ1n) is 14.6. The summed E-state index contributed by atoms with van der Waals surface area (Å²) in [5.41, 5.74) is 3.80. The number of carbonyl (C=O) groups is 4. The number of aryl methyl sites for hydroxylation is 1. The highest BCUT2D eigenvalue weighted by molar-refractivity contribution is 6.35. The molecule has 7 rings (SSSR count). The molecule has 0 spiro atoms. The summed E-state index contributed by atoms with van der Waals surface area (Å²) in [6.45, 7) is 3.48. The van der Waals surface area contributed by atoms with Crippen LogP contribution in [0.5, 0.6) is 0 Å². The van der Waals surface area contributed by atoms with E-state index in [0.717, 1.165) is 24.8 Å². The zero-order valence-corrected chi connectivity index (χ0v) is 24.5.